The van der Waals surface area contributed by atoms with Gasteiger partial charge in [-0.3, -0.25) is 0 Å². The molecule has 1 aliphatic carbocycles. The van der Waals surface area contributed by atoms with E-state index in [2.05, 4.69) is 48.8 Å². The number of hydrogen-bond acceptors (Lipinski definition) is 5. The first-order valence-corrected chi connectivity index (χ1v) is 10.8. The molecule has 168 valence electrons. The van der Waals surface area contributed by atoms with Gasteiger partial charge in [0.15, 0.2) is 5.66 Å². The number of nitrogens with zero attached hydrogens (tertiary/aromatic N) is 3. The standard InChI is InChI=1S/C24H28N4O4/c1-28(2,3)13-12-24(26-27-24)14-21(22(29)30)25-23(31)32-15-20-18-10-6-4-8-16(18)17-9-5-7-11-19(17)20/h4-11,20-21H,12-15H2,1-3H3,(H-,25,29,30,31)/p+1/t21-/m0/s1. The largest absolute Gasteiger partial charge is 0.480 e. The monoisotopic (exact) mass is 437 g/mol. The smallest absolute Gasteiger partial charge is 0.407 e. The summed E-state index contributed by atoms with van der Waals surface area (Å²) in [4.78, 5) is 24.3. The van der Waals surface area contributed by atoms with Gasteiger partial charge in [0.1, 0.15) is 12.6 Å². The molecular weight excluding hydrogens is 408 g/mol. The topological polar surface area (TPSA) is 100 Å². The van der Waals surface area contributed by atoms with Crippen molar-refractivity contribution in [3.8, 4) is 11.1 Å². The number of hydrogen-bond donors (Lipinski definition) is 2. The van der Waals surface area contributed by atoms with Gasteiger partial charge in [-0.2, -0.15) is 10.2 Å². The van der Waals surface area contributed by atoms with E-state index in [9.17, 15) is 14.7 Å². The number of ether oxygens (including phenoxy) is 1. The second kappa shape index (κ2) is 8.35. The number of carboxylic acids is 1. The Balaban J connectivity index is 1.37. The minimum absolute atomic E-state index is 0.0826. The first kappa shape index (κ1) is 22.0. The van der Waals surface area contributed by atoms with Gasteiger partial charge in [0.05, 0.1) is 27.7 Å². The third-order valence-corrected chi connectivity index (χ3v) is 6.03. The van der Waals surface area contributed by atoms with E-state index in [1.807, 2.05) is 36.4 Å². The van der Waals surface area contributed by atoms with Crippen molar-refractivity contribution >= 4 is 12.1 Å². The van der Waals surface area contributed by atoms with Crippen LogP contribution in [0, 0.1) is 0 Å². The molecule has 0 saturated carbocycles. The summed E-state index contributed by atoms with van der Waals surface area (Å²) in [5.41, 5.74) is 3.75. The molecule has 0 spiro atoms. The fourth-order valence-electron chi connectivity index (χ4n) is 4.18. The third-order valence-electron chi connectivity index (χ3n) is 6.03. The zero-order chi connectivity index (χ0) is 22.9. The lowest BCUT2D eigenvalue weighted by Gasteiger charge is -2.26. The quantitative estimate of drug-likeness (QED) is 0.585. The van der Waals surface area contributed by atoms with Gasteiger partial charge in [-0.1, -0.05) is 48.5 Å². The lowest BCUT2D eigenvalue weighted by atomic mass is 9.98. The summed E-state index contributed by atoms with van der Waals surface area (Å²) in [5.74, 6) is -1.21. The summed E-state index contributed by atoms with van der Waals surface area (Å²) >= 11 is 0. The highest BCUT2D eigenvalue weighted by atomic mass is 16.5. The van der Waals surface area contributed by atoms with Gasteiger partial charge in [-0.05, 0) is 22.3 Å². The molecule has 4 rings (SSSR count). The molecule has 0 saturated heterocycles. The normalized spacial score (nSPS) is 16.7. The van der Waals surface area contributed by atoms with Crippen LogP contribution in [0.3, 0.4) is 0 Å². The highest BCUT2D eigenvalue weighted by molar-refractivity contribution is 5.81. The maximum Gasteiger partial charge on any atom is 0.407 e. The maximum atomic E-state index is 12.5. The zero-order valence-corrected chi connectivity index (χ0v) is 18.6. The van der Waals surface area contributed by atoms with Gasteiger partial charge in [-0.25, -0.2) is 9.59 Å². The summed E-state index contributed by atoms with van der Waals surface area (Å²) in [6.07, 6.45) is 0.000727. The van der Waals surface area contributed by atoms with Crippen LogP contribution < -0.4 is 5.32 Å². The number of aliphatic carboxylic acids is 1. The minimum atomic E-state index is -1.12. The van der Waals surface area contributed by atoms with Crippen LogP contribution in [0.5, 0.6) is 0 Å². The molecule has 1 heterocycles. The van der Waals surface area contributed by atoms with Crippen molar-refractivity contribution in [1.82, 2.24) is 5.32 Å². The predicted molar refractivity (Wildman–Crippen MR) is 119 cm³/mol. The Bertz CT molecular complexity index is 1010. The Morgan fingerprint density at radius 2 is 1.62 bits per heavy atom. The molecule has 1 atom stereocenters. The molecule has 0 fully saturated rings. The number of rotatable bonds is 9. The van der Waals surface area contributed by atoms with Crippen molar-refractivity contribution in [2.75, 3.05) is 34.3 Å². The molecule has 2 aliphatic rings. The van der Waals surface area contributed by atoms with Crippen LogP contribution in [-0.4, -0.2) is 67.7 Å². The van der Waals surface area contributed by atoms with Crippen LogP contribution in [0.1, 0.15) is 29.9 Å². The molecule has 1 amide bonds. The summed E-state index contributed by atoms with van der Waals surface area (Å²) in [5, 5.41) is 20.3. The first-order chi connectivity index (χ1) is 15.2. The van der Waals surface area contributed by atoms with Crippen LogP contribution in [0.15, 0.2) is 58.8 Å². The fraction of sp³-hybridized carbons (Fsp3) is 0.417. The number of carboxylic acid groups (broad SMARTS) is 1. The molecule has 0 aromatic heterocycles. The van der Waals surface area contributed by atoms with Gasteiger partial charge in [0, 0.05) is 18.8 Å². The molecule has 2 N–H and O–H groups in total. The number of carbonyl (C=O) groups excluding carboxylic acids is 1. The molecule has 0 radical (unpaired) electrons. The van der Waals surface area contributed by atoms with E-state index in [4.69, 9.17) is 4.74 Å². The Labute approximate surface area is 187 Å². The molecule has 0 unspecified atom stereocenters. The van der Waals surface area contributed by atoms with Crippen molar-refractivity contribution in [2.24, 2.45) is 10.2 Å². The highest BCUT2D eigenvalue weighted by Gasteiger charge is 2.45. The van der Waals surface area contributed by atoms with Crippen LogP contribution in [0.4, 0.5) is 4.79 Å². The van der Waals surface area contributed by atoms with E-state index in [0.717, 1.165) is 33.3 Å². The average Bonchev–Trinajstić information content (AvgIpc) is 3.44. The number of fused-ring (bicyclic) bond motifs is 3. The fourth-order valence-corrected chi connectivity index (χ4v) is 4.18. The molecule has 0 bridgehead atoms. The number of alkyl carbamates (subject to hydrolysis) is 1. The number of quaternary nitrogens is 1. The molecule has 2 aromatic carbocycles. The van der Waals surface area contributed by atoms with Gasteiger partial charge in [0.25, 0.3) is 0 Å². The summed E-state index contributed by atoms with van der Waals surface area (Å²) in [6.45, 7) is 0.928. The summed E-state index contributed by atoms with van der Waals surface area (Å²) < 4.78 is 6.22. The summed E-state index contributed by atoms with van der Waals surface area (Å²) in [6, 6.07) is 15.0. The minimum Gasteiger partial charge on any atom is -0.480 e. The lowest BCUT2D eigenvalue weighted by molar-refractivity contribution is -0.870. The molecule has 32 heavy (non-hydrogen) atoms. The lowest BCUT2D eigenvalue weighted by Crippen LogP contribution is -2.45. The number of carbonyl (C=O) groups is 2. The Morgan fingerprint density at radius 1 is 1.06 bits per heavy atom. The van der Waals surface area contributed by atoms with Gasteiger partial charge >= 0.3 is 12.1 Å². The molecule has 1 aliphatic heterocycles. The van der Waals surface area contributed by atoms with Crippen LogP contribution in [0.2, 0.25) is 0 Å². The van der Waals surface area contributed by atoms with Crippen molar-refractivity contribution in [1.29, 1.82) is 0 Å². The molecule has 2 aromatic rings. The first-order valence-electron chi connectivity index (χ1n) is 10.8. The SMILES string of the molecule is C[N+](C)(C)CCC1(C[C@H](NC(=O)OCC2c3ccccc3-c3ccccc32)C(=O)O)N=N1. The van der Waals surface area contributed by atoms with E-state index in [-0.39, 0.29) is 18.9 Å². The van der Waals surface area contributed by atoms with E-state index in [1.54, 1.807) is 0 Å². The van der Waals surface area contributed by atoms with Gasteiger partial charge in [-0.15, -0.1) is 0 Å². The van der Waals surface area contributed by atoms with Gasteiger partial charge in [0.2, 0.25) is 0 Å². The van der Waals surface area contributed by atoms with Gasteiger partial charge < -0.3 is 19.6 Å². The molecule has 8 nitrogen and oxygen atoms in total. The van der Waals surface area contributed by atoms with Crippen LogP contribution in [0.25, 0.3) is 11.1 Å². The van der Waals surface area contributed by atoms with Crippen molar-refractivity contribution in [2.45, 2.75) is 30.5 Å². The average molecular weight is 438 g/mol. The molecular formula is C24H29N4O4+. The number of amides is 1. The predicted octanol–water partition coefficient (Wildman–Crippen LogP) is 3.63. The maximum absolute atomic E-state index is 12.5. The van der Waals surface area contributed by atoms with E-state index >= 15 is 0 Å². The van der Waals surface area contributed by atoms with E-state index in [0.29, 0.717) is 6.42 Å². The van der Waals surface area contributed by atoms with E-state index in [1.165, 1.54) is 0 Å². The number of benzene rings is 2. The highest BCUT2D eigenvalue weighted by Crippen LogP contribution is 2.44. The van der Waals surface area contributed by atoms with Crippen LogP contribution >= 0.6 is 0 Å². The zero-order valence-electron chi connectivity index (χ0n) is 18.6. The second-order valence-electron chi connectivity index (χ2n) is 9.51. The second-order valence-corrected chi connectivity index (χ2v) is 9.51. The van der Waals surface area contributed by atoms with Crippen molar-refractivity contribution in [3.63, 3.8) is 0 Å². The van der Waals surface area contributed by atoms with Crippen molar-refractivity contribution in [3.05, 3.63) is 59.7 Å². The Hall–Kier alpha value is -3.26. The number of nitrogens with one attached hydrogen (secondary N) is 1. The van der Waals surface area contributed by atoms with Crippen molar-refractivity contribution < 1.29 is 23.9 Å². The van der Waals surface area contributed by atoms with Crippen LogP contribution in [-0.2, 0) is 9.53 Å². The Kier molecular flexibility index (Phi) is 5.73. The summed E-state index contributed by atoms with van der Waals surface area (Å²) in [7, 11) is 6.17. The third kappa shape index (κ3) is 4.80. The van der Waals surface area contributed by atoms with E-state index < -0.39 is 23.8 Å². The Morgan fingerprint density at radius 3 is 2.12 bits per heavy atom. The molecule has 8 heteroatoms.